The Bertz CT molecular complexity index is 1060. The molecule has 1 aliphatic rings. The van der Waals surface area contributed by atoms with Crippen molar-refractivity contribution in [2.75, 3.05) is 18.5 Å². The molecule has 1 aromatic heterocycles. The number of nitrogens with zero attached hydrogens (tertiary/aromatic N) is 3. The molecule has 0 bridgehead atoms. The summed E-state index contributed by atoms with van der Waals surface area (Å²) in [4.78, 5) is 12.0. The molecule has 3 aromatic rings. The average Bonchev–Trinajstić information content (AvgIpc) is 3.07. The molecule has 1 saturated carbocycles. The van der Waals surface area contributed by atoms with Gasteiger partial charge in [-0.25, -0.2) is 13.5 Å². The van der Waals surface area contributed by atoms with E-state index in [9.17, 15) is 13.6 Å². The standard InChI is InChI=1S/C22H23F2N3O3/c1-26(9-3-6-21(28)29)22-18(23)10-15(11-19(22)24)27-20-12-17(30-16-4-2-5-16)8-7-14(20)13-25-27/h7-8,10-13,16H,2-6,9H2,1H3,(H,28,29). The highest BCUT2D eigenvalue weighted by atomic mass is 19.1. The molecule has 6 nitrogen and oxygen atoms in total. The monoisotopic (exact) mass is 415 g/mol. The van der Waals surface area contributed by atoms with Crippen molar-refractivity contribution in [1.29, 1.82) is 0 Å². The van der Waals surface area contributed by atoms with E-state index in [0.29, 0.717) is 17.7 Å². The van der Waals surface area contributed by atoms with Crippen LogP contribution in [0, 0.1) is 11.6 Å². The fourth-order valence-electron chi connectivity index (χ4n) is 3.58. The van der Waals surface area contributed by atoms with E-state index < -0.39 is 17.6 Å². The Morgan fingerprint density at radius 1 is 1.27 bits per heavy atom. The Morgan fingerprint density at radius 3 is 2.63 bits per heavy atom. The maximum Gasteiger partial charge on any atom is 0.303 e. The summed E-state index contributed by atoms with van der Waals surface area (Å²) in [7, 11) is 1.54. The summed E-state index contributed by atoms with van der Waals surface area (Å²) in [5, 5.41) is 13.9. The van der Waals surface area contributed by atoms with Gasteiger partial charge in [-0.2, -0.15) is 5.10 Å². The lowest BCUT2D eigenvalue weighted by molar-refractivity contribution is -0.137. The maximum absolute atomic E-state index is 14.8. The third-order valence-corrected chi connectivity index (χ3v) is 5.41. The Hall–Kier alpha value is -3.16. The van der Waals surface area contributed by atoms with Crippen LogP contribution in [0.15, 0.2) is 36.5 Å². The molecule has 158 valence electrons. The summed E-state index contributed by atoms with van der Waals surface area (Å²) in [5.74, 6) is -1.68. The summed E-state index contributed by atoms with van der Waals surface area (Å²) in [5.41, 5.74) is 0.784. The number of fused-ring (bicyclic) bond motifs is 1. The highest BCUT2D eigenvalue weighted by molar-refractivity contribution is 5.82. The zero-order valence-electron chi connectivity index (χ0n) is 16.6. The van der Waals surface area contributed by atoms with Gasteiger partial charge in [-0.05, 0) is 37.8 Å². The molecule has 0 atom stereocenters. The lowest BCUT2D eigenvalue weighted by Gasteiger charge is -2.26. The summed E-state index contributed by atoms with van der Waals surface area (Å²) in [6.07, 6.45) is 5.34. The van der Waals surface area contributed by atoms with Crippen molar-refractivity contribution in [2.24, 2.45) is 0 Å². The van der Waals surface area contributed by atoms with Crippen molar-refractivity contribution in [3.63, 3.8) is 0 Å². The fraction of sp³-hybridized carbons (Fsp3) is 0.364. The van der Waals surface area contributed by atoms with Crippen LogP contribution in [0.4, 0.5) is 14.5 Å². The topological polar surface area (TPSA) is 67.6 Å². The molecule has 30 heavy (non-hydrogen) atoms. The van der Waals surface area contributed by atoms with E-state index in [1.165, 1.54) is 35.2 Å². The first kappa shape index (κ1) is 20.1. The average molecular weight is 415 g/mol. The third kappa shape index (κ3) is 4.08. The van der Waals surface area contributed by atoms with Gasteiger partial charge < -0.3 is 14.7 Å². The van der Waals surface area contributed by atoms with Gasteiger partial charge in [0.1, 0.15) is 11.4 Å². The second-order valence-electron chi connectivity index (χ2n) is 7.62. The first-order valence-corrected chi connectivity index (χ1v) is 9.99. The van der Waals surface area contributed by atoms with Gasteiger partial charge in [-0.1, -0.05) is 0 Å². The first-order valence-electron chi connectivity index (χ1n) is 9.99. The summed E-state index contributed by atoms with van der Waals surface area (Å²) >= 11 is 0. The molecular formula is C22H23F2N3O3. The Balaban J connectivity index is 1.61. The molecular weight excluding hydrogens is 392 g/mol. The number of carboxylic acids is 1. The van der Waals surface area contributed by atoms with Crippen LogP contribution < -0.4 is 9.64 Å². The quantitative estimate of drug-likeness (QED) is 0.585. The Morgan fingerprint density at radius 2 is 2.00 bits per heavy atom. The third-order valence-electron chi connectivity index (χ3n) is 5.41. The highest BCUT2D eigenvalue weighted by Crippen LogP contribution is 2.30. The molecule has 0 saturated heterocycles. The van der Waals surface area contributed by atoms with Crippen molar-refractivity contribution >= 4 is 22.6 Å². The number of aliphatic carboxylic acids is 1. The number of benzene rings is 2. The van der Waals surface area contributed by atoms with Crippen molar-refractivity contribution in [3.8, 4) is 11.4 Å². The number of ether oxygens (including phenoxy) is 1. The number of hydrogen-bond donors (Lipinski definition) is 1. The van der Waals surface area contributed by atoms with E-state index >= 15 is 0 Å². The van der Waals surface area contributed by atoms with E-state index in [1.807, 2.05) is 18.2 Å². The largest absolute Gasteiger partial charge is 0.490 e. The molecule has 4 rings (SSSR count). The van der Waals surface area contributed by atoms with E-state index in [4.69, 9.17) is 9.84 Å². The Labute approximate surface area is 172 Å². The van der Waals surface area contributed by atoms with Crippen LogP contribution in [0.1, 0.15) is 32.1 Å². The van der Waals surface area contributed by atoms with Crippen molar-refractivity contribution in [1.82, 2.24) is 9.78 Å². The summed E-state index contributed by atoms with van der Waals surface area (Å²) < 4.78 is 37.0. The van der Waals surface area contributed by atoms with Gasteiger partial charge in [0, 0.05) is 43.6 Å². The molecule has 0 amide bonds. The Kier molecular flexibility index (Phi) is 5.57. The SMILES string of the molecule is CN(CCCC(=O)O)c1c(F)cc(-n2ncc3ccc(OC4CCC4)cc32)cc1F. The molecule has 1 N–H and O–H groups in total. The number of aromatic nitrogens is 2. The minimum Gasteiger partial charge on any atom is -0.490 e. The van der Waals surface area contributed by atoms with E-state index in [-0.39, 0.29) is 30.4 Å². The van der Waals surface area contributed by atoms with Gasteiger partial charge in [0.2, 0.25) is 0 Å². The molecule has 1 fully saturated rings. The van der Waals surface area contributed by atoms with Gasteiger partial charge in [0.25, 0.3) is 0 Å². The summed E-state index contributed by atoms with van der Waals surface area (Å²) in [6, 6.07) is 8.06. The van der Waals surface area contributed by atoms with Gasteiger partial charge in [-0.3, -0.25) is 4.79 Å². The van der Waals surface area contributed by atoms with Crippen LogP contribution in [0.5, 0.6) is 5.75 Å². The molecule has 1 aliphatic carbocycles. The van der Waals surface area contributed by atoms with Crippen molar-refractivity contribution < 1.29 is 23.4 Å². The van der Waals surface area contributed by atoms with Crippen LogP contribution in [0.25, 0.3) is 16.6 Å². The maximum atomic E-state index is 14.8. The van der Waals surface area contributed by atoms with E-state index in [2.05, 4.69) is 5.10 Å². The second kappa shape index (κ2) is 8.30. The fourth-order valence-corrected chi connectivity index (χ4v) is 3.58. The number of carbonyl (C=O) groups is 1. The summed E-state index contributed by atoms with van der Waals surface area (Å²) in [6.45, 7) is 0.228. The van der Waals surface area contributed by atoms with Gasteiger partial charge in [0.15, 0.2) is 11.6 Å². The second-order valence-corrected chi connectivity index (χ2v) is 7.62. The number of halogens is 2. The zero-order chi connectivity index (χ0) is 21.3. The lowest BCUT2D eigenvalue weighted by Crippen LogP contribution is -2.24. The number of anilines is 1. The molecule has 0 aliphatic heterocycles. The molecule has 1 heterocycles. The van der Waals surface area contributed by atoms with Crippen molar-refractivity contribution in [2.45, 2.75) is 38.2 Å². The molecule has 8 heteroatoms. The minimum absolute atomic E-state index is 0.0593. The van der Waals surface area contributed by atoms with Crippen LogP contribution in [-0.4, -0.2) is 40.6 Å². The van der Waals surface area contributed by atoms with Gasteiger partial charge in [-0.15, -0.1) is 0 Å². The van der Waals surface area contributed by atoms with Gasteiger partial charge >= 0.3 is 5.97 Å². The molecule has 0 spiro atoms. The minimum atomic E-state index is -0.939. The predicted octanol–water partition coefficient (Wildman–Crippen LogP) is 4.54. The molecule has 0 unspecified atom stereocenters. The normalized spacial score (nSPS) is 14.0. The number of carboxylic acid groups (broad SMARTS) is 1. The van der Waals surface area contributed by atoms with Gasteiger partial charge in [0.05, 0.1) is 23.5 Å². The van der Waals surface area contributed by atoms with Crippen LogP contribution in [0.3, 0.4) is 0 Å². The van der Waals surface area contributed by atoms with E-state index in [0.717, 1.165) is 18.2 Å². The first-order chi connectivity index (χ1) is 14.4. The van der Waals surface area contributed by atoms with Crippen LogP contribution >= 0.6 is 0 Å². The molecule has 2 aromatic carbocycles. The molecule has 0 radical (unpaired) electrons. The van der Waals surface area contributed by atoms with Crippen molar-refractivity contribution in [3.05, 3.63) is 48.2 Å². The van der Waals surface area contributed by atoms with E-state index in [1.54, 1.807) is 6.20 Å². The number of hydrogen-bond acceptors (Lipinski definition) is 4. The smallest absolute Gasteiger partial charge is 0.303 e. The predicted molar refractivity (Wildman–Crippen MR) is 109 cm³/mol. The highest BCUT2D eigenvalue weighted by Gasteiger charge is 2.20. The van der Waals surface area contributed by atoms with Crippen LogP contribution in [0.2, 0.25) is 0 Å². The number of rotatable bonds is 8. The van der Waals surface area contributed by atoms with Crippen LogP contribution in [-0.2, 0) is 4.79 Å². The lowest BCUT2D eigenvalue weighted by atomic mass is 9.96. The zero-order valence-corrected chi connectivity index (χ0v) is 16.6.